The van der Waals surface area contributed by atoms with Crippen LogP contribution in [-0.2, 0) is 11.3 Å². The number of anilines is 1. The van der Waals surface area contributed by atoms with E-state index in [0.29, 0.717) is 49.8 Å². The van der Waals surface area contributed by atoms with Crippen LogP contribution in [0.1, 0.15) is 42.7 Å². The Morgan fingerprint density at radius 3 is 2.84 bits per heavy atom. The van der Waals surface area contributed by atoms with Crippen molar-refractivity contribution in [1.29, 1.82) is 0 Å². The smallest absolute Gasteiger partial charge is 0.317 e. The molecule has 168 valence electrons. The number of urea groups is 1. The number of unbranched alkanes of at least 4 members (excludes halogenated alkanes) is 1. The van der Waals surface area contributed by atoms with Crippen LogP contribution in [-0.4, -0.2) is 51.6 Å². The van der Waals surface area contributed by atoms with E-state index in [9.17, 15) is 14.7 Å². The summed E-state index contributed by atoms with van der Waals surface area (Å²) in [5.74, 6) is -0.889. The summed E-state index contributed by atoms with van der Waals surface area (Å²) in [6, 6.07) is 11.8. The average Bonchev–Trinajstić information content (AvgIpc) is 3.11. The highest BCUT2D eigenvalue weighted by Crippen LogP contribution is 2.31. The lowest BCUT2D eigenvalue weighted by Crippen LogP contribution is -2.40. The molecule has 3 N–H and O–H groups in total. The van der Waals surface area contributed by atoms with E-state index in [-0.39, 0.29) is 18.4 Å². The lowest BCUT2D eigenvalue weighted by molar-refractivity contribution is -0.137. The molecule has 9 nitrogen and oxygen atoms in total. The molecule has 3 aromatic rings. The van der Waals surface area contributed by atoms with E-state index in [4.69, 9.17) is 4.42 Å². The van der Waals surface area contributed by atoms with Gasteiger partial charge in [-0.25, -0.2) is 9.78 Å². The molecule has 0 bridgehead atoms. The highest BCUT2D eigenvalue weighted by atomic mass is 16.4. The van der Waals surface area contributed by atoms with Crippen LogP contribution in [0.5, 0.6) is 0 Å². The van der Waals surface area contributed by atoms with Crippen LogP contribution in [0, 0.1) is 0 Å². The third kappa shape index (κ3) is 5.35. The summed E-state index contributed by atoms with van der Waals surface area (Å²) in [7, 11) is 0. The molecule has 1 aromatic carbocycles. The van der Waals surface area contributed by atoms with E-state index in [2.05, 4.69) is 20.6 Å². The third-order valence-corrected chi connectivity index (χ3v) is 5.63. The SMILES string of the molecule is O=C(O)CC1CCN(C(=O)NCCCCNc2nc3cccnc3o2)Cc2ccccc21. The van der Waals surface area contributed by atoms with E-state index in [1.807, 2.05) is 36.4 Å². The summed E-state index contributed by atoms with van der Waals surface area (Å²) in [5, 5.41) is 15.4. The van der Waals surface area contributed by atoms with Crippen molar-refractivity contribution in [3.63, 3.8) is 0 Å². The number of hydrogen-bond acceptors (Lipinski definition) is 6. The van der Waals surface area contributed by atoms with Crippen LogP contribution >= 0.6 is 0 Å². The highest BCUT2D eigenvalue weighted by Gasteiger charge is 2.26. The summed E-state index contributed by atoms with van der Waals surface area (Å²) in [5.41, 5.74) is 3.27. The van der Waals surface area contributed by atoms with E-state index in [0.717, 1.165) is 24.0 Å². The van der Waals surface area contributed by atoms with Gasteiger partial charge in [0.15, 0.2) is 0 Å². The number of carbonyl (C=O) groups excluding carboxylic acids is 1. The van der Waals surface area contributed by atoms with Gasteiger partial charge in [0.25, 0.3) is 6.01 Å². The van der Waals surface area contributed by atoms with Gasteiger partial charge in [-0.05, 0) is 48.4 Å². The second kappa shape index (κ2) is 10.1. The Bertz CT molecular complexity index is 1050. The van der Waals surface area contributed by atoms with Gasteiger partial charge in [0.1, 0.15) is 5.52 Å². The Morgan fingerprint density at radius 2 is 2.00 bits per heavy atom. The number of carboxylic acid groups (broad SMARTS) is 1. The summed E-state index contributed by atoms with van der Waals surface area (Å²) in [4.78, 5) is 34.2. The zero-order chi connectivity index (χ0) is 22.3. The fourth-order valence-electron chi connectivity index (χ4n) is 4.02. The van der Waals surface area contributed by atoms with Crippen LogP contribution in [0.25, 0.3) is 11.2 Å². The molecule has 0 aliphatic carbocycles. The number of hydrogen-bond donors (Lipinski definition) is 3. The maximum atomic E-state index is 12.7. The van der Waals surface area contributed by atoms with Crippen LogP contribution in [0.3, 0.4) is 0 Å². The van der Waals surface area contributed by atoms with Gasteiger partial charge < -0.3 is 25.1 Å². The van der Waals surface area contributed by atoms with E-state index in [1.54, 1.807) is 11.1 Å². The number of aliphatic carboxylic acids is 1. The molecule has 3 heterocycles. The molecule has 1 aliphatic rings. The van der Waals surface area contributed by atoms with Gasteiger partial charge in [0.2, 0.25) is 5.71 Å². The first-order valence-electron chi connectivity index (χ1n) is 10.9. The Kier molecular flexibility index (Phi) is 6.84. The summed E-state index contributed by atoms with van der Waals surface area (Å²) in [6.45, 7) is 2.26. The number of nitrogens with one attached hydrogen (secondary N) is 2. The van der Waals surface area contributed by atoms with Crippen LogP contribution in [0.4, 0.5) is 10.8 Å². The van der Waals surface area contributed by atoms with Gasteiger partial charge >= 0.3 is 12.0 Å². The molecule has 0 fully saturated rings. The average molecular weight is 438 g/mol. The zero-order valence-corrected chi connectivity index (χ0v) is 17.8. The fourth-order valence-corrected chi connectivity index (χ4v) is 4.02. The topological polar surface area (TPSA) is 121 Å². The number of benzene rings is 1. The molecule has 0 saturated heterocycles. The monoisotopic (exact) mass is 437 g/mol. The van der Waals surface area contributed by atoms with Crippen LogP contribution < -0.4 is 10.6 Å². The molecule has 4 rings (SSSR count). The molecule has 32 heavy (non-hydrogen) atoms. The van der Waals surface area contributed by atoms with Gasteiger partial charge in [0.05, 0.1) is 6.42 Å². The second-order valence-corrected chi connectivity index (χ2v) is 7.92. The number of carbonyl (C=O) groups is 2. The van der Waals surface area contributed by atoms with Crippen molar-refractivity contribution in [3.05, 3.63) is 53.7 Å². The largest absolute Gasteiger partial charge is 0.481 e. The molecule has 0 radical (unpaired) electrons. The van der Waals surface area contributed by atoms with Crippen LogP contribution in [0.15, 0.2) is 47.0 Å². The highest BCUT2D eigenvalue weighted by molar-refractivity contribution is 5.74. The summed E-state index contributed by atoms with van der Waals surface area (Å²) < 4.78 is 5.52. The second-order valence-electron chi connectivity index (χ2n) is 7.92. The molecule has 2 aromatic heterocycles. The first-order valence-corrected chi connectivity index (χ1v) is 10.9. The summed E-state index contributed by atoms with van der Waals surface area (Å²) in [6.07, 6.45) is 4.03. The van der Waals surface area contributed by atoms with Gasteiger partial charge in [-0.15, -0.1) is 0 Å². The minimum atomic E-state index is -0.814. The van der Waals surface area contributed by atoms with Gasteiger partial charge in [-0.1, -0.05) is 24.3 Å². The first kappa shape index (κ1) is 21.6. The normalized spacial score (nSPS) is 15.8. The number of rotatable bonds is 8. The van der Waals surface area contributed by atoms with Crippen molar-refractivity contribution in [2.24, 2.45) is 0 Å². The van der Waals surface area contributed by atoms with E-state index >= 15 is 0 Å². The zero-order valence-electron chi connectivity index (χ0n) is 17.8. The molecule has 1 atom stereocenters. The Morgan fingerprint density at radius 1 is 1.16 bits per heavy atom. The lowest BCUT2D eigenvalue weighted by Gasteiger charge is -2.21. The molecule has 1 aliphatic heterocycles. The molecular weight excluding hydrogens is 410 g/mol. The van der Waals surface area contributed by atoms with Crippen molar-refractivity contribution in [2.45, 2.75) is 38.1 Å². The Balaban J connectivity index is 1.21. The predicted molar refractivity (Wildman–Crippen MR) is 119 cm³/mol. The maximum absolute atomic E-state index is 12.7. The minimum absolute atomic E-state index is 0.0744. The third-order valence-electron chi connectivity index (χ3n) is 5.63. The van der Waals surface area contributed by atoms with E-state index in [1.165, 1.54) is 0 Å². The number of nitrogens with zero attached hydrogens (tertiary/aromatic N) is 3. The number of pyridine rings is 1. The lowest BCUT2D eigenvalue weighted by atomic mass is 9.90. The first-order chi connectivity index (χ1) is 15.6. The predicted octanol–water partition coefficient (Wildman–Crippen LogP) is 3.59. The number of fused-ring (bicyclic) bond motifs is 2. The van der Waals surface area contributed by atoms with Gasteiger partial charge in [0, 0.05) is 32.4 Å². The molecular formula is C23H27N5O4. The molecule has 9 heteroatoms. The molecule has 2 amide bonds. The van der Waals surface area contributed by atoms with Crippen molar-refractivity contribution in [3.8, 4) is 0 Å². The molecule has 0 saturated carbocycles. The molecule has 1 unspecified atom stereocenters. The van der Waals surface area contributed by atoms with Gasteiger partial charge in [-0.2, -0.15) is 4.98 Å². The number of carboxylic acids is 1. The van der Waals surface area contributed by atoms with Crippen molar-refractivity contribution in [1.82, 2.24) is 20.2 Å². The van der Waals surface area contributed by atoms with Crippen molar-refractivity contribution in [2.75, 3.05) is 25.0 Å². The maximum Gasteiger partial charge on any atom is 0.317 e. The van der Waals surface area contributed by atoms with Crippen LogP contribution in [0.2, 0.25) is 0 Å². The number of oxazole rings is 1. The Hall–Kier alpha value is -3.62. The summed E-state index contributed by atoms with van der Waals surface area (Å²) >= 11 is 0. The standard InChI is InChI=1S/C23H27N5O4/c29-20(30)14-16-9-13-28(15-17-6-1-2-7-18(16)17)23(31)26-11-4-3-10-25-22-27-19-8-5-12-24-21(19)32-22/h1-2,5-8,12,16H,3-4,9-11,13-15H2,(H,25,27)(H,26,31)(H,29,30). The number of aromatic nitrogens is 2. The van der Waals surface area contributed by atoms with Crippen molar-refractivity contribution >= 4 is 29.2 Å². The quantitative estimate of drug-likeness (QED) is 0.461. The minimum Gasteiger partial charge on any atom is -0.481 e. The van der Waals surface area contributed by atoms with E-state index < -0.39 is 5.97 Å². The molecule has 0 spiro atoms. The van der Waals surface area contributed by atoms with Gasteiger partial charge in [-0.3, -0.25) is 4.79 Å². The Labute approximate surface area is 185 Å². The fraction of sp³-hybridized carbons (Fsp3) is 0.391. The van der Waals surface area contributed by atoms with Crippen molar-refractivity contribution < 1.29 is 19.1 Å². The number of amides is 2.